The molecule has 2 aromatic rings. The SMILES string of the molecule is FC(F)(F)Oc1ccc(-c2nc(Cl)ncc2CS)cc1. The molecule has 0 unspecified atom stereocenters. The maximum Gasteiger partial charge on any atom is 0.573 e. The fourth-order valence-corrected chi connectivity index (χ4v) is 1.93. The van der Waals surface area contributed by atoms with Crippen LogP contribution in [0, 0.1) is 0 Å². The minimum atomic E-state index is -4.71. The highest BCUT2D eigenvalue weighted by Gasteiger charge is 2.31. The minimum Gasteiger partial charge on any atom is -0.406 e. The molecule has 0 aliphatic heterocycles. The van der Waals surface area contributed by atoms with Crippen LogP contribution in [0.25, 0.3) is 11.3 Å². The summed E-state index contributed by atoms with van der Waals surface area (Å²) in [6.07, 6.45) is -3.19. The van der Waals surface area contributed by atoms with Gasteiger partial charge in [0.1, 0.15) is 5.75 Å². The van der Waals surface area contributed by atoms with Gasteiger partial charge in [-0.15, -0.1) is 13.2 Å². The Morgan fingerprint density at radius 2 is 1.85 bits per heavy atom. The zero-order chi connectivity index (χ0) is 14.8. The zero-order valence-electron chi connectivity index (χ0n) is 9.86. The second kappa shape index (κ2) is 5.88. The number of ether oxygens (including phenoxy) is 1. The Morgan fingerprint density at radius 3 is 2.40 bits per heavy atom. The van der Waals surface area contributed by atoms with Gasteiger partial charge in [-0.2, -0.15) is 12.6 Å². The smallest absolute Gasteiger partial charge is 0.406 e. The molecule has 106 valence electrons. The van der Waals surface area contributed by atoms with Gasteiger partial charge in [0.15, 0.2) is 0 Å². The number of aromatic nitrogens is 2. The van der Waals surface area contributed by atoms with Gasteiger partial charge in [0.05, 0.1) is 5.69 Å². The van der Waals surface area contributed by atoms with Crippen LogP contribution in [-0.4, -0.2) is 16.3 Å². The van der Waals surface area contributed by atoms with E-state index in [1.807, 2.05) is 0 Å². The normalized spacial score (nSPS) is 11.4. The molecule has 0 atom stereocenters. The number of nitrogens with zero attached hydrogens (tertiary/aromatic N) is 2. The van der Waals surface area contributed by atoms with Crippen LogP contribution < -0.4 is 4.74 Å². The number of thiol groups is 1. The maximum atomic E-state index is 12.1. The Balaban J connectivity index is 2.33. The van der Waals surface area contributed by atoms with Gasteiger partial charge < -0.3 is 4.74 Å². The van der Waals surface area contributed by atoms with Crippen LogP contribution in [0.15, 0.2) is 30.5 Å². The van der Waals surface area contributed by atoms with Crippen molar-refractivity contribution in [2.24, 2.45) is 0 Å². The van der Waals surface area contributed by atoms with E-state index in [-0.39, 0.29) is 11.0 Å². The molecule has 8 heteroatoms. The lowest BCUT2D eigenvalue weighted by Crippen LogP contribution is -2.16. The van der Waals surface area contributed by atoms with Gasteiger partial charge >= 0.3 is 6.36 Å². The number of alkyl halides is 3. The van der Waals surface area contributed by atoms with E-state index < -0.39 is 6.36 Å². The second-order valence-electron chi connectivity index (χ2n) is 3.74. The van der Waals surface area contributed by atoms with E-state index in [2.05, 4.69) is 27.3 Å². The lowest BCUT2D eigenvalue weighted by Gasteiger charge is -2.10. The molecule has 1 heterocycles. The summed E-state index contributed by atoms with van der Waals surface area (Å²) >= 11 is 9.87. The predicted octanol–water partition coefficient (Wildman–Crippen LogP) is 4.13. The van der Waals surface area contributed by atoms with Crippen molar-refractivity contribution in [3.63, 3.8) is 0 Å². The first-order valence-electron chi connectivity index (χ1n) is 5.37. The maximum absolute atomic E-state index is 12.1. The Hall–Kier alpha value is -1.47. The van der Waals surface area contributed by atoms with Crippen molar-refractivity contribution >= 4 is 24.2 Å². The van der Waals surface area contributed by atoms with E-state index in [0.29, 0.717) is 17.0 Å². The Kier molecular flexibility index (Phi) is 4.39. The van der Waals surface area contributed by atoms with Crippen molar-refractivity contribution in [2.75, 3.05) is 0 Å². The standard InChI is InChI=1S/C12H8ClF3N2OS/c13-11-17-5-8(6-20)10(18-11)7-1-3-9(4-2-7)19-12(14,15)16/h1-5,20H,6H2. The zero-order valence-corrected chi connectivity index (χ0v) is 11.5. The monoisotopic (exact) mass is 320 g/mol. The van der Waals surface area contributed by atoms with Gasteiger partial charge in [0.2, 0.25) is 5.28 Å². The molecule has 0 radical (unpaired) electrons. The van der Waals surface area contributed by atoms with Gasteiger partial charge in [0, 0.05) is 23.1 Å². The van der Waals surface area contributed by atoms with E-state index in [1.165, 1.54) is 30.5 Å². The second-order valence-corrected chi connectivity index (χ2v) is 4.40. The molecule has 1 aromatic heterocycles. The van der Waals surface area contributed by atoms with Crippen LogP contribution in [0.5, 0.6) is 5.75 Å². The third kappa shape index (κ3) is 3.77. The van der Waals surface area contributed by atoms with E-state index in [4.69, 9.17) is 11.6 Å². The van der Waals surface area contributed by atoms with E-state index in [1.54, 1.807) is 0 Å². The summed E-state index contributed by atoms with van der Waals surface area (Å²) in [5.41, 5.74) is 1.86. The molecule has 1 aromatic carbocycles. The predicted molar refractivity (Wildman–Crippen MR) is 71.9 cm³/mol. The number of halogens is 4. The lowest BCUT2D eigenvalue weighted by atomic mass is 10.1. The molecule has 0 saturated heterocycles. The Labute approximate surface area is 123 Å². The third-order valence-corrected chi connectivity index (χ3v) is 2.89. The largest absolute Gasteiger partial charge is 0.573 e. The molecule has 3 nitrogen and oxygen atoms in total. The van der Waals surface area contributed by atoms with Crippen molar-refractivity contribution in [1.29, 1.82) is 0 Å². The number of hydrogen-bond donors (Lipinski definition) is 1. The molecule has 0 spiro atoms. The molecule has 0 fully saturated rings. The first-order valence-corrected chi connectivity index (χ1v) is 6.38. The molecule has 20 heavy (non-hydrogen) atoms. The van der Waals surface area contributed by atoms with Crippen LogP contribution in [0.2, 0.25) is 5.28 Å². The summed E-state index contributed by atoms with van der Waals surface area (Å²) in [6.45, 7) is 0. The van der Waals surface area contributed by atoms with Crippen molar-refractivity contribution < 1.29 is 17.9 Å². The average Bonchev–Trinajstić information content (AvgIpc) is 2.38. The number of benzene rings is 1. The van der Waals surface area contributed by atoms with E-state index >= 15 is 0 Å². The van der Waals surface area contributed by atoms with Crippen molar-refractivity contribution in [2.45, 2.75) is 12.1 Å². The fraction of sp³-hybridized carbons (Fsp3) is 0.167. The molecule has 0 amide bonds. The van der Waals surface area contributed by atoms with Gasteiger partial charge in [-0.1, -0.05) is 0 Å². The highest BCUT2D eigenvalue weighted by atomic mass is 35.5. The highest BCUT2D eigenvalue weighted by Crippen LogP contribution is 2.28. The molecular weight excluding hydrogens is 313 g/mol. The summed E-state index contributed by atoms with van der Waals surface area (Å²) in [4.78, 5) is 7.89. The molecule has 0 aliphatic rings. The van der Waals surface area contributed by atoms with Crippen molar-refractivity contribution in [1.82, 2.24) is 9.97 Å². The Bertz CT molecular complexity index is 605. The minimum absolute atomic E-state index is 0.0566. The first-order chi connectivity index (χ1) is 9.39. The van der Waals surface area contributed by atoms with E-state index in [9.17, 15) is 13.2 Å². The fourth-order valence-electron chi connectivity index (χ4n) is 1.57. The lowest BCUT2D eigenvalue weighted by molar-refractivity contribution is -0.274. The summed E-state index contributed by atoms with van der Waals surface area (Å²) < 4.78 is 40.0. The quantitative estimate of drug-likeness (QED) is 0.682. The Morgan fingerprint density at radius 1 is 1.20 bits per heavy atom. The summed E-state index contributed by atoms with van der Waals surface area (Å²) in [7, 11) is 0. The van der Waals surface area contributed by atoms with Crippen LogP contribution >= 0.6 is 24.2 Å². The molecule has 0 saturated carbocycles. The summed E-state index contributed by atoms with van der Waals surface area (Å²) in [6, 6.07) is 5.35. The molecule has 0 N–H and O–H groups in total. The topological polar surface area (TPSA) is 35.0 Å². The molecule has 0 bridgehead atoms. The number of rotatable bonds is 3. The van der Waals surface area contributed by atoms with Crippen LogP contribution in [0.4, 0.5) is 13.2 Å². The summed E-state index contributed by atoms with van der Waals surface area (Å²) in [5.74, 6) is 0.0849. The highest BCUT2D eigenvalue weighted by molar-refractivity contribution is 7.79. The molecule has 0 aliphatic carbocycles. The van der Waals surface area contributed by atoms with E-state index in [0.717, 1.165) is 5.56 Å². The first kappa shape index (κ1) is 14.9. The summed E-state index contributed by atoms with van der Waals surface area (Å²) in [5, 5.41) is 0.0566. The molecule has 2 rings (SSSR count). The van der Waals surface area contributed by atoms with Gasteiger partial charge in [0.25, 0.3) is 0 Å². The van der Waals surface area contributed by atoms with Crippen LogP contribution in [0.3, 0.4) is 0 Å². The van der Waals surface area contributed by atoms with Crippen LogP contribution in [0.1, 0.15) is 5.56 Å². The third-order valence-electron chi connectivity index (χ3n) is 2.37. The van der Waals surface area contributed by atoms with Gasteiger partial charge in [-0.25, -0.2) is 9.97 Å². The van der Waals surface area contributed by atoms with Crippen LogP contribution in [-0.2, 0) is 5.75 Å². The van der Waals surface area contributed by atoms with Gasteiger partial charge in [-0.05, 0) is 35.9 Å². The number of hydrogen-bond acceptors (Lipinski definition) is 4. The molecular formula is C12H8ClF3N2OS. The van der Waals surface area contributed by atoms with Crippen molar-refractivity contribution in [3.8, 4) is 17.0 Å². The van der Waals surface area contributed by atoms with Gasteiger partial charge in [-0.3, -0.25) is 0 Å². The average molecular weight is 321 g/mol. The van der Waals surface area contributed by atoms with Crippen molar-refractivity contribution in [3.05, 3.63) is 41.3 Å².